The Morgan fingerprint density at radius 2 is 2.06 bits per heavy atom. The van der Waals surface area contributed by atoms with E-state index in [1.165, 1.54) is 23.9 Å². The molecule has 1 aromatic rings. The van der Waals surface area contributed by atoms with Crippen LogP contribution >= 0.6 is 11.8 Å². The number of nitriles is 1. The number of urea groups is 1. The van der Waals surface area contributed by atoms with Crippen LogP contribution in [0.2, 0.25) is 0 Å². The van der Waals surface area contributed by atoms with E-state index < -0.39 is 35.8 Å². The van der Waals surface area contributed by atoms with E-state index in [0.717, 1.165) is 17.0 Å². The Kier molecular flexibility index (Phi) is 5.83. The smallest absolute Gasteiger partial charge is 0.389 e. The molecule has 2 aliphatic carbocycles. The Hall–Kier alpha value is -2.74. The molecular weight excluding hydrogens is 443 g/mol. The van der Waals surface area contributed by atoms with Gasteiger partial charge in [-0.05, 0) is 43.4 Å². The molecule has 1 heterocycles. The number of allylic oxidation sites excluding steroid dienone is 3. The van der Waals surface area contributed by atoms with Crippen LogP contribution in [-0.2, 0) is 6.18 Å². The number of nitrogens with zero attached hydrogens (tertiary/aromatic N) is 3. The fourth-order valence-corrected chi connectivity index (χ4v) is 5.39. The number of aliphatic hydroxyl groups excluding tert-OH is 1. The summed E-state index contributed by atoms with van der Waals surface area (Å²) >= 11 is 1.44. The van der Waals surface area contributed by atoms with Crippen molar-refractivity contribution in [1.82, 2.24) is 5.06 Å². The monoisotopic (exact) mass is 463 g/mol. The Labute approximate surface area is 186 Å². The molecule has 0 saturated carbocycles. The number of thioether (sulfide) groups is 1. The van der Waals surface area contributed by atoms with Crippen molar-refractivity contribution >= 4 is 23.5 Å². The third kappa shape index (κ3) is 3.70. The first-order valence-corrected chi connectivity index (χ1v) is 11.2. The van der Waals surface area contributed by atoms with Crippen molar-refractivity contribution in [2.75, 3.05) is 11.2 Å². The van der Waals surface area contributed by atoms with Crippen LogP contribution in [-0.4, -0.2) is 45.1 Å². The van der Waals surface area contributed by atoms with Gasteiger partial charge in [-0.25, -0.2) is 4.79 Å². The summed E-state index contributed by atoms with van der Waals surface area (Å²) in [5.74, 6) is -0.433. The number of hydrogen-bond acceptors (Lipinski definition) is 5. The van der Waals surface area contributed by atoms with Gasteiger partial charge in [0.05, 0.1) is 29.5 Å². The largest absolute Gasteiger partial charge is 0.416 e. The Balaban J connectivity index is 1.81. The molecule has 6 nitrogen and oxygen atoms in total. The molecule has 3 unspecified atom stereocenters. The van der Waals surface area contributed by atoms with Crippen LogP contribution in [0.4, 0.5) is 23.7 Å². The van der Waals surface area contributed by atoms with Gasteiger partial charge in [0, 0.05) is 28.0 Å². The number of alkyl halides is 3. The highest BCUT2D eigenvalue weighted by Gasteiger charge is 2.49. The summed E-state index contributed by atoms with van der Waals surface area (Å²) in [6.45, 7) is 0. The lowest BCUT2D eigenvalue weighted by Crippen LogP contribution is -2.56. The second-order valence-corrected chi connectivity index (χ2v) is 8.80. The quantitative estimate of drug-likeness (QED) is 0.646. The zero-order valence-corrected chi connectivity index (χ0v) is 17.8. The van der Waals surface area contributed by atoms with Crippen LogP contribution in [0, 0.1) is 17.2 Å². The Bertz CT molecular complexity index is 1080. The lowest BCUT2D eigenvalue weighted by Gasteiger charge is -2.44. The SMILES string of the molecule is CSC1C=C(C#N)C=CC1[C@@H]1C2=C(CCC2O)N(c2cccc(C(F)(F)F)c2)C(=O)N1O. The molecule has 2 N–H and O–H groups in total. The minimum Gasteiger partial charge on any atom is -0.389 e. The van der Waals surface area contributed by atoms with Gasteiger partial charge in [0.1, 0.15) is 0 Å². The molecule has 0 aromatic heterocycles. The van der Waals surface area contributed by atoms with Crippen molar-refractivity contribution in [3.8, 4) is 6.07 Å². The summed E-state index contributed by atoms with van der Waals surface area (Å²) in [4.78, 5) is 14.3. The maximum Gasteiger partial charge on any atom is 0.416 e. The van der Waals surface area contributed by atoms with Crippen molar-refractivity contribution in [3.63, 3.8) is 0 Å². The molecule has 1 aromatic carbocycles. The van der Waals surface area contributed by atoms with E-state index in [0.29, 0.717) is 21.9 Å². The Morgan fingerprint density at radius 1 is 1.31 bits per heavy atom. The van der Waals surface area contributed by atoms with Gasteiger partial charge in [0.2, 0.25) is 0 Å². The van der Waals surface area contributed by atoms with E-state index in [1.807, 2.05) is 6.26 Å². The first-order valence-electron chi connectivity index (χ1n) is 9.90. The van der Waals surface area contributed by atoms with Gasteiger partial charge in [-0.15, -0.1) is 0 Å². The van der Waals surface area contributed by atoms with Crippen LogP contribution in [0.15, 0.2) is 59.3 Å². The molecule has 0 bridgehead atoms. The van der Waals surface area contributed by atoms with Crippen molar-refractivity contribution in [3.05, 3.63) is 64.9 Å². The summed E-state index contributed by atoms with van der Waals surface area (Å²) in [5.41, 5.74) is 0.324. The molecule has 0 saturated heterocycles. The molecule has 3 aliphatic rings. The number of halogens is 3. The average molecular weight is 463 g/mol. The van der Waals surface area contributed by atoms with Crippen molar-refractivity contribution in [1.29, 1.82) is 5.26 Å². The maximum atomic E-state index is 13.2. The van der Waals surface area contributed by atoms with Crippen molar-refractivity contribution < 1.29 is 28.3 Å². The van der Waals surface area contributed by atoms with Gasteiger partial charge < -0.3 is 5.11 Å². The Morgan fingerprint density at radius 3 is 2.72 bits per heavy atom. The number of hydrogen-bond donors (Lipinski definition) is 2. The number of aliphatic hydroxyl groups is 1. The molecule has 0 radical (unpaired) electrons. The molecule has 1 aliphatic heterocycles. The van der Waals surface area contributed by atoms with E-state index >= 15 is 0 Å². The predicted octanol–water partition coefficient (Wildman–Crippen LogP) is 4.48. The summed E-state index contributed by atoms with van der Waals surface area (Å²) in [6.07, 6.45) is 1.94. The van der Waals surface area contributed by atoms with Crippen LogP contribution in [0.1, 0.15) is 18.4 Å². The second kappa shape index (κ2) is 8.31. The van der Waals surface area contributed by atoms with Crippen LogP contribution < -0.4 is 4.90 Å². The summed E-state index contributed by atoms with van der Waals surface area (Å²) in [5, 5.41) is 31.1. The normalized spacial score (nSPS) is 28.0. The highest BCUT2D eigenvalue weighted by molar-refractivity contribution is 7.99. The first-order chi connectivity index (χ1) is 15.2. The van der Waals surface area contributed by atoms with E-state index in [4.69, 9.17) is 0 Å². The third-order valence-electron chi connectivity index (χ3n) is 6.00. The lowest BCUT2D eigenvalue weighted by molar-refractivity contribution is -0.137. The van der Waals surface area contributed by atoms with E-state index in [2.05, 4.69) is 6.07 Å². The topological polar surface area (TPSA) is 87.8 Å². The molecular formula is C22H20F3N3O3S. The minimum absolute atomic E-state index is 0.0313. The number of amides is 2. The van der Waals surface area contributed by atoms with Crippen molar-refractivity contribution in [2.45, 2.75) is 36.4 Å². The summed E-state index contributed by atoms with van der Waals surface area (Å²) < 4.78 is 39.7. The number of rotatable bonds is 3. The van der Waals surface area contributed by atoms with Crippen LogP contribution in [0.25, 0.3) is 0 Å². The average Bonchev–Trinajstić information content (AvgIpc) is 3.14. The first kappa shape index (κ1) is 22.5. The third-order valence-corrected chi connectivity index (χ3v) is 7.00. The standard InChI is InChI=1S/C22H20F3N3O3S/c1-32-18-9-12(11-26)5-6-15(18)20-19-16(7-8-17(19)29)27(21(30)28(20)31)14-4-2-3-13(10-14)22(23,24)25/h2-6,9-10,15,17-18,20,29,31H,7-8H2,1H3/t15?,17?,18?,20-/m1/s1. The predicted molar refractivity (Wildman–Crippen MR) is 113 cm³/mol. The molecule has 4 rings (SSSR count). The zero-order valence-electron chi connectivity index (χ0n) is 17.0. The highest BCUT2D eigenvalue weighted by atomic mass is 32.2. The number of anilines is 1. The van der Waals surface area contributed by atoms with E-state index in [1.54, 1.807) is 18.2 Å². The van der Waals surface area contributed by atoms with Gasteiger partial charge in [-0.1, -0.05) is 18.2 Å². The highest BCUT2D eigenvalue weighted by Crippen LogP contribution is 2.45. The molecule has 0 spiro atoms. The van der Waals surface area contributed by atoms with Gasteiger partial charge in [-0.3, -0.25) is 10.1 Å². The van der Waals surface area contributed by atoms with Crippen molar-refractivity contribution in [2.24, 2.45) is 5.92 Å². The molecule has 4 atom stereocenters. The number of carbonyl (C=O) groups excluding carboxylic acids is 1. The summed E-state index contributed by atoms with van der Waals surface area (Å²) in [7, 11) is 0. The van der Waals surface area contributed by atoms with Gasteiger partial charge >= 0.3 is 12.2 Å². The molecule has 168 valence electrons. The van der Waals surface area contributed by atoms with Gasteiger partial charge in [-0.2, -0.15) is 35.3 Å². The van der Waals surface area contributed by atoms with E-state index in [-0.39, 0.29) is 23.8 Å². The fourth-order valence-electron chi connectivity index (χ4n) is 4.55. The van der Waals surface area contributed by atoms with E-state index in [9.17, 15) is 33.5 Å². The van der Waals surface area contributed by atoms with Gasteiger partial charge in [0.15, 0.2) is 0 Å². The minimum atomic E-state index is -4.59. The number of benzene rings is 1. The molecule has 32 heavy (non-hydrogen) atoms. The maximum absolute atomic E-state index is 13.2. The number of carbonyl (C=O) groups is 1. The lowest BCUT2D eigenvalue weighted by atomic mass is 9.83. The fraction of sp³-hybridized carbons (Fsp3) is 0.364. The zero-order chi connectivity index (χ0) is 23.2. The van der Waals surface area contributed by atoms with Crippen LogP contribution in [0.3, 0.4) is 0 Å². The van der Waals surface area contributed by atoms with Gasteiger partial charge in [0.25, 0.3) is 0 Å². The molecule has 10 heteroatoms. The molecule has 0 fully saturated rings. The molecule has 2 amide bonds. The van der Waals surface area contributed by atoms with Crippen LogP contribution in [0.5, 0.6) is 0 Å². The second-order valence-electron chi connectivity index (χ2n) is 7.78. The number of hydroxylamine groups is 2. The summed E-state index contributed by atoms with van der Waals surface area (Å²) in [6, 6.07) is 4.61.